The molecule has 0 spiro atoms. The van der Waals surface area contributed by atoms with Crippen LogP contribution in [-0.4, -0.2) is 34.7 Å². The number of aliphatic hydroxyl groups excluding tert-OH is 1. The Bertz CT molecular complexity index is 818. The highest BCUT2D eigenvalue weighted by Crippen LogP contribution is 2.13. The number of hydrogen-bond donors (Lipinski definition) is 1. The zero-order chi connectivity index (χ0) is 14.3. The second kappa shape index (κ2) is 4.76. The minimum absolute atomic E-state index is 0.196. The number of hydrogen-bond acceptors (Lipinski definition) is 7. The van der Waals surface area contributed by atoms with Gasteiger partial charge in [-0.3, -0.25) is 4.79 Å². The Morgan fingerprint density at radius 1 is 1.50 bits per heavy atom. The summed E-state index contributed by atoms with van der Waals surface area (Å²) in [5, 5.41) is 22.1. The molecule has 9 heteroatoms. The fraction of sp³-hybridized carbons (Fsp3) is 0.364. The van der Waals surface area contributed by atoms with Crippen molar-refractivity contribution in [3.8, 4) is 0 Å². The second-order valence-corrected chi connectivity index (χ2v) is 5.48. The number of rotatable bonds is 3. The molecular formula is C11H12N6O2S. The smallest absolute Gasteiger partial charge is 0.275 e. The van der Waals surface area contributed by atoms with Gasteiger partial charge in [0.25, 0.3) is 5.56 Å². The predicted octanol–water partition coefficient (Wildman–Crippen LogP) is 0.153. The SMILES string of the molecule is Cc1cc(=O)n2nc(Cn3cc(C(C)O)nn3)sc2n1. The van der Waals surface area contributed by atoms with Crippen LogP contribution in [0.3, 0.4) is 0 Å². The van der Waals surface area contributed by atoms with Gasteiger partial charge in [0.15, 0.2) is 0 Å². The van der Waals surface area contributed by atoms with Crippen molar-refractivity contribution in [2.45, 2.75) is 26.5 Å². The van der Waals surface area contributed by atoms with Gasteiger partial charge in [-0.05, 0) is 13.8 Å². The molecular weight excluding hydrogens is 280 g/mol. The number of aromatic nitrogens is 6. The van der Waals surface area contributed by atoms with E-state index in [0.29, 0.717) is 27.9 Å². The molecule has 3 aromatic heterocycles. The van der Waals surface area contributed by atoms with Gasteiger partial charge in [0.2, 0.25) is 4.96 Å². The van der Waals surface area contributed by atoms with Crippen molar-refractivity contribution in [2.75, 3.05) is 0 Å². The summed E-state index contributed by atoms with van der Waals surface area (Å²) in [7, 11) is 0. The maximum absolute atomic E-state index is 11.8. The zero-order valence-corrected chi connectivity index (χ0v) is 11.7. The van der Waals surface area contributed by atoms with Crippen molar-refractivity contribution in [3.63, 3.8) is 0 Å². The molecule has 20 heavy (non-hydrogen) atoms. The summed E-state index contributed by atoms with van der Waals surface area (Å²) in [5.41, 5.74) is 0.970. The van der Waals surface area contributed by atoms with E-state index in [0.717, 1.165) is 0 Å². The van der Waals surface area contributed by atoms with E-state index in [9.17, 15) is 9.90 Å². The Morgan fingerprint density at radius 2 is 2.30 bits per heavy atom. The van der Waals surface area contributed by atoms with Crippen molar-refractivity contribution >= 4 is 16.3 Å². The van der Waals surface area contributed by atoms with Crippen LogP contribution >= 0.6 is 11.3 Å². The molecule has 0 aromatic carbocycles. The summed E-state index contributed by atoms with van der Waals surface area (Å²) in [4.78, 5) is 16.6. The van der Waals surface area contributed by atoms with E-state index in [1.54, 1.807) is 24.7 Å². The topological polar surface area (TPSA) is 98.2 Å². The number of fused-ring (bicyclic) bond motifs is 1. The standard InChI is InChI=1S/C11H12N6O2S/c1-6-3-10(19)17-11(12-6)20-9(14-17)5-16-4-8(7(2)18)13-15-16/h3-4,7,18H,5H2,1-2H3. The molecule has 0 amide bonds. The third-order valence-corrected chi connectivity index (χ3v) is 3.59. The van der Waals surface area contributed by atoms with Crippen molar-refractivity contribution < 1.29 is 5.11 Å². The van der Waals surface area contributed by atoms with Crippen LogP contribution in [0.5, 0.6) is 0 Å². The van der Waals surface area contributed by atoms with Gasteiger partial charge in [0.05, 0.1) is 18.8 Å². The molecule has 0 aliphatic carbocycles. The van der Waals surface area contributed by atoms with Crippen LogP contribution in [0.2, 0.25) is 0 Å². The highest BCUT2D eigenvalue weighted by molar-refractivity contribution is 7.16. The lowest BCUT2D eigenvalue weighted by molar-refractivity contribution is 0.194. The quantitative estimate of drug-likeness (QED) is 0.738. The maximum atomic E-state index is 11.8. The molecule has 3 heterocycles. The Hall–Kier alpha value is -2.13. The molecule has 0 saturated heterocycles. The Labute approximate surface area is 117 Å². The maximum Gasteiger partial charge on any atom is 0.275 e. The van der Waals surface area contributed by atoms with Crippen LogP contribution in [0.25, 0.3) is 4.96 Å². The summed E-state index contributed by atoms with van der Waals surface area (Å²) < 4.78 is 2.84. The average molecular weight is 292 g/mol. The number of nitrogens with zero attached hydrogens (tertiary/aromatic N) is 6. The van der Waals surface area contributed by atoms with E-state index >= 15 is 0 Å². The summed E-state index contributed by atoms with van der Waals surface area (Å²) in [6.07, 6.45) is 0.990. The van der Waals surface area contributed by atoms with Crippen LogP contribution in [0.4, 0.5) is 0 Å². The Balaban J connectivity index is 1.94. The lowest BCUT2D eigenvalue weighted by Gasteiger charge is -1.95. The molecule has 0 saturated carbocycles. The summed E-state index contributed by atoms with van der Waals surface area (Å²) in [6, 6.07) is 1.44. The molecule has 1 atom stereocenters. The Morgan fingerprint density at radius 3 is 3.00 bits per heavy atom. The average Bonchev–Trinajstić information content (AvgIpc) is 2.96. The number of aliphatic hydroxyl groups is 1. The van der Waals surface area contributed by atoms with E-state index < -0.39 is 6.10 Å². The molecule has 0 radical (unpaired) electrons. The normalized spacial score (nSPS) is 12.9. The van der Waals surface area contributed by atoms with E-state index in [2.05, 4.69) is 20.4 Å². The summed E-state index contributed by atoms with van der Waals surface area (Å²) in [5.74, 6) is 0. The molecule has 3 rings (SSSR count). The molecule has 3 aromatic rings. The second-order valence-electron chi connectivity index (χ2n) is 4.44. The molecule has 104 valence electrons. The molecule has 0 aliphatic rings. The van der Waals surface area contributed by atoms with Gasteiger partial charge in [-0.1, -0.05) is 16.6 Å². The summed E-state index contributed by atoms with van der Waals surface area (Å²) >= 11 is 1.33. The van der Waals surface area contributed by atoms with Gasteiger partial charge in [-0.15, -0.1) is 5.10 Å². The van der Waals surface area contributed by atoms with Gasteiger partial charge >= 0.3 is 0 Å². The lowest BCUT2D eigenvalue weighted by atomic mass is 10.3. The fourth-order valence-electron chi connectivity index (χ4n) is 1.74. The first-order valence-corrected chi connectivity index (χ1v) is 6.79. The molecule has 0 aliphatic heterocycles. The largest absolute Gasteiger partial charge is 0.387 e. The van der Waals surface area contributed by atoms with Crippen molar-refractivity contribution in [2.24, 2.45) is 0 Å². The van der Waals surface area contributed by atoms with E-state index in [4.69, 9.17) is 0 Å². The third kappa shape index (κ3) is 2.32. The molecule has 1 N–H and O–H groups in total. The van der Waals surface area contributed by atoms with E-state index in [1.165, 1.54) is 21.9 Å². The van der Waals surface area contributed by atoms with Crippen molar-refractivity contribution in [3.05, 3.63) is 39.0 Å². The predicted molar refractivity (Wildman–Crippen MR) is 71.6 cm³/mol. The Kier molecular flexibility index (Phi) is 3.07. The molecule has 0 fully saturated rings. The van der Waals surface area contributed by atoms with E-state index in [-0.39, 0.29) is 5.56 Å². The van der Waals surface area contributed by atoms with Gasteiger partial charge in [0, 0.05) is 11.8 Å². The monoisotopic (exact) mass is 292 g/mol. The van der Waals surface area contributed by atoms with Crippen LogP contribution < -0.4 is 5.56 Å². The first kappa shape index (κ1) is 12.9. The summed E-state index contributed by atoms with van der Waals surface area (Å²) in [6.45, 7) is 3.78. The first-order valence-electron chi connectivity index (χ1n) is 5.97. The lowest BCUT2D eigenvalue weighted by Crippen LogP contribution is -2.14. The van der Waals surface area contributed by atoms with E-state index in [1.807, 2.05) is 0 Å². The minimum Gasteiger partial charge on any atom is -0.387 e. The molecule has 0 bridgehead atoms. The molecule has 1 unspecified atom stereocenters. The zero-order valence-electron chi connectivity index (χ0n) is 10.9. The minimum atomic E-state index is -0.661. The van der Waals surface area contributed by atoms with Crippen LogP contribution in [0.15, 0.2) is 17.1 Å². The highest BCUT2D eigenvalue weighted by atomic mass is 32.1. The van der Waals surface area contributed by atoms with Gasteiger partial charge in [-0.25, -0.2) is 9.67 Å². The van der Waals surface area contributed by atoms with Crippen LogP contribution in [0.1, 0.15) is 29.4 Å². The fourth-order valence-corrected chi connectivity index (χ4v) is 2.68. The van der Waals surface area contributed by atoms with Gasteiger partial charge in [0.1, 0.15) is 10.7 Å². The first-order chi connectivity index (χ1) is 9.52. The number of aryl methyl sites for hydroxylation is 1. The third-order valence-electron chi connectivity index (χ3n) is 2.70. The van der Waals surface area contributed by atoms with Gasteiger partial charge < -0.3 is 5.11 Å². The van der Waals surface area contributed by atoms with Crippen molar-refractivity contribution in [1.82, 2.24) is 29.6 Å². The highest BCUT2D eigenvalue weighted by Gasteiger charge is 2.11. The van der Waals surface area contributed by atoms with Crippen molar-refractivity contribution in [1.29, 1.82) is 0 Å². The van der Waals surface area contributed by atoms with Crippen LogP contribution in [0, 0.1) is 6.92 Å². The van der Waals surface area contributed by atoms with Crippen LogP contribution in [-0.2, 0) is 6.54 Å². The molecule has 8 nitrogen and oxygen atoms in total. The van der Waals surface area contributed by atoms with Gasteiger partial charge in [-0.2, -0.15) is 9.61 Å².